The molecule has 5 nitrogen and oxygen atoms in total. The summed E-state index contributed by atoms with van der Waals surface area (Å²) in [5, 5.41) is 2.99. The molecule has 3 aromatic rings. The zero-order chi connectivity index (χ0) is 24.1. The zero-order valence-corrected chi connectivity index (χ0v) is 19.6. The van der Waals surface area contributed by atoms with Crippen molar-refractivity contribution in [3.8, 4) is 0 Å². The van der Waals surface area contributed by atoms with Gasteiger partial charge in [-0.2, -0.15) is 0 Å². The van der Waals surface area contributed by atoms with E-state index in [1.165, 1.54) is 6.92 Å². The fourth-order valence-electron chi connectivity index (χ4n) is 5.13. The van der Waals surface area contributed by atoms with Crippen molar-refractivity contribution in [1.82, 2.24) is 10.2 Å². The average molecular weight is 455 g/mol. The van der Waals surface area contributed by atoms with Gasteiger partial charge in [0, 0.05) is 24.9 Å². The van der Waals surface area contributed by atoms with E-state index in [1.54, 1.807) is 17.0 Å². The monoisotopic (exact) mass is 454 g/mol. The van der Waals surface area contributed by atoms with Crippen LogP contribution in [0.5, 0.6) is 0 Å². The van der Waals surface area contributed by atoms with Crippen molar-refractivity contribution in [2.45, 2.75) is 38.3 Å². The Hall–Kier alpha value is -3.73. The van der Waals surface area contributed by atoms with Gasteiger partial charge < -0.3 is 10.2 Å². The first-order valence-electron chi connectivity index (χ1n) is 11.8. The lowest BCUT2D eigenvalue weighted by Crippen LogP contribution is -2.48. The van der Waals surface area contributed by atoms with Gasteiger partial charge in [0.25, 0.3) is 0 Å². The molecule has 0 saturated carbocycles. The van der Waals surface area contributed by atoms with E-state index < -0.39 is 23.9 Å². The van der Waals surface area contributed by atoms with Crippen LogP contribution in [0.3, 0.4) is 0 Å². The molecule has 4 atom stereocenters. The minimum atomic E-state index is -0.797. The first-order valence-corrected chi connectivity index (χ1v) is 11.8. The van der Waals surface area contributed by atoms with E-state index in [-0.39, 0.29) is 17.6 Å². The van der Waals surface area contributed by atoms with Crippen LogP contribution in [0.15, 0.2) is 91.0 Å². The molecule has 1 fully saturated rings. The van der Waals surface area contributed by atoms with Gasteiger partial charge in [0.15, 0.2) is 5.78 Å². The molecular formula is C29H30N2O3. The van der Waals surface area contributed by atoms with Crippen molar-refractivity contribution in [2.24, 2.45) is 5.92 Å². The number of ketones is 1. The highest BCUT2D eigenvalue weighted by Gasteiger charge is 2.56. The molecule has 5 heteroatoms. The van der Waals surface area contributed by atoms with Crippen LogP contribution in [-0.4, -0.2) is 35.1 Å². The van der Waals surface area contributed by atoms with Crippen LogP contribution in [-0.2, 0) is 9.59 Å². The van der Waals surface area contributed by atoms with Gasteiger partial charge in [-0.15, -0.1) is 0 Å². The first kappa shape index (κ1) is 23.4. The van der Waals surface area contributed by atoms with Gasteiger partial charge in [-0.1, -0.05) is 97.9 Å². The molecule has 1 N–H and O–H groups in total. The third kappa shape index (κ3) is 4.51. The maximum atomic E-state index is 14.1. The lowest BCUT2D eigenvalue weighted by atomic mass is 9.76. The lowest BCUT2D eigenvalue weighted by Gasteiger charge is -2.30. The van der Waals surface area contributed by atoms with Crippen molar-refractivity contribution < 1.29 is 14.4 Å². The van der Waals surface area contributed by atoms with Crippen LogP contribution in [0, 0.1) is 5.92 Å². The number of hydrogen-bond donors (Lipinski definition) is 1. The Morgan fingerprint density at radius 2 is 1.32 bits per heavy atom. The standard InChI is InChI=1S/C29H30N2O3/c1-3-19-30-29(34)27-24(21-13-7-4-8-14-21)25(28(33)23-17-11-6-12-18-23)26(31(27)20(2)32)22-15-9-5-10-16-22/h4-18,24-27H,3,19H2,1-2H3,(H,30,34). The van der Waals surface area contributed by atoms with Crippen LogP contribution in [0.4, 0.5) is 0 Å². The Balaban J connectivity index is 1.94. The minimum absolute atomic E-state index is 0.0691. The second-order valence-electron chi connectivity index (χ2n) is 8.71. The van der Waals surface area contributed by atoms with E-state index in [1.807, 2.05) is 85.8 Å². The number of carbonyl (C=O) groups is 3. The largest absolute Gasteiger partial charge is 0.354 e. The van der Waals surface area contributed by atoms with Gasteiger partial charge in [0.2, 0.25) is 11.8 Å². The second kappa shape index (κ2) is 10.5. The number of benzene rings is 3. The predicted octanol–water partition coefficient (Wildman–Crippen LogP) is 4.77. The Labute approximate surface area is 200 Å². The number of hydrogen-bond acceptors (Lipinski definition) is 3. The van der Waals surface area contributed by atoms with Crippen LogP contribution in [0.1, 0.15) is 53.7 Å². The summed E-state index contributed by atoms with van der Waals surface area (Å²) in [4.78, 5) is 42.4. The molecule has 0 spiro atoms. The molecule has 174 valence electrons. The van der Waals surface area contributed by atoms with E-state index in [9.17, 15) is 14.4 Å². The molecule has 3 aromatic carbocycles. The van der Waals surface area contributed by atoms with Crippen LogP contribution < -0.4 is 5.32 Å². The molecule has 2 amide bonds. The van der Waals surface area contributed by atoms with E-state index in [2.05, 4.69) is 5.32 Å². The molecule has 0 bridgehead atoms. The first-order chi connectivity index (χ1) is 16.5. The van der Waals surface area contributed by atoms with Gasteiger partial charge in [-0.05, 0) is 17.5 Å². The topological polar surface area (TPSA) is 66.5 Å². The van der Waals surface area contributed by atoms with Crippen molar-refractivity contribution in [3.63, 3.8) is 0 Å². The lowest BCUT2D eigenvalue weighted by molar-refractivity contribution is -0.139. The Morgan fingerprint density at radius 3 is 1.85 bits per heavy atom. The summed E-state index contributed by atoms with van der Waals surface area (Å²) < 4.78 is 0. The third-order valence-corrected chi connectivity index (χ3v) is 6.53. The van der Waals surface area contributed by atoms with Crippen LogP contribution in [0.2, 0.25) is 0 Å². The predicted molar refractivity (Wildman–Crippen MR) is 132 cm³/mol. The van der Waals surface area contributed by atoms with Crippen LogP contribution in [0.25, 0.3) is 0 Å². The molecule has 0 radical (unpaired) electrons. The second-order valence-corrected chi connectivity index (χ2v) is 8.71. The van der Waals surface area contributed by atoms with Gasteiger partial charge in [-0.3, -0.25) is 14.4 Å². The highest BCUT2D eigenvalue weighted by Crippen LogP contribution is 2.51. The Bertz CT molecular complexity index is 1130. The van der Waals surface area contributed by atoms with Gasteiger partial charge in [-0.25, -0.2) is 0 Å². The number of amides is 2. The third-order valence-electron chi connectivity index (χ3n) is 6.53. The quantitative estimate of drug-likeness (QED) is 0.523. The molecule has 1 heterocycles. The summed E-state index contributed by atoms with van der Waals surface area (Å²) >= 11 is 0. The van der Waals surface area contributed by atoms with Gasteiger partial charge in [0.1, 0.15) is 6.04 Å². The van der Waals surface area contributed by atoms with Gasteiger partial charge >= 0.3 is 0 Å². The summed E-state index contributed by atoms with van der Waals surface area (Å²) in [6.07, 6.45) is 0.781. The molecule has 0 aliphatic carbocycles. The van der Waals surface area contributed by atoms with E-state index in [0.717, 1.165) is 17.5 Å². The smallest absolute Gasteiger partial charge is 0.243 e. The van der Waals surface area contributed by atoms with E-state index in [0.29, 0.717) is 12.1 Å². The van der Waals surface area contributed by atoms with Crippen molar-refractivity contribution >= 4 is 17.6 Å². The molecule has 1 aliphatic heterocycles. The molecule has 34 heavy (non-hydrogen) atoms. The van der Waals surface area contributed by atoms with Crippen molar-refractivity contribution in [1.29, 1.82) is 0 Å². The summed E-state index contributed by atoms with van der Waals surface area (Å²) in [6, 6.07) is 27.0. The maximum Gasteiger partial charge on any atom is 0.243 e. The number of rotatable bonds is 7. The van der Waals surface area contributed by atoms with E-state index >= 15 is 0 Å². The fraction of sp³-hybridized carbons (Fsp3) is 0.276. The Kier molecular flexibility index (Phi) is 7.21. The average Bonchev–Trinajstić information content (AvgIpc) is 3.25. The zero-order valence-electron chi connectivity index (χ0n) is 19.6. The number of nitrogens with zero attached hydrogens (tertiary/aromatic N) is 1. The highest BCUT2D eigenvalue weighted by molar-refractivity contribution is 6.01. The molecule has 1 aliphatic rings. The highest BCUT2D eigenvalue weighted by atomic mass is 16.2. The number of carbonyl (C=O) groups excluding carboxylic acids is 3. The SMILES string of the molecule is CCCNC(=O)C1C(c2ccccc2)C(C(=O)c2ccccc2)C(c2ccccc2)N1C(C)=O. The van der Waals surface area contributed by atoms with Crippen LogP contribution >= 0.6 is 0 Å². The summed E-state index contributed by atoms with van der Waals surface area (Å²) in [6.45, 7) is 3.98. The summed E-state index contributed by atoms with van der Waals surface area (Å²) in [5.74, 6) is -1.63. The van der Waals surface area contributed by atoms with Gasteiger partial charge in [0.05, 0.1) is 12.0 Å². The summed E-state index contributed by atoms with van der Waals surface area (Å²) in [7, 11) is 0. The van der Waals surface area contributed by atoms with Crippen molar-refractivity contribution in [2.75, 3.05) is 6.54 Å². The molecule has 4 rings (SSSR count). The normalized spacial score (nSPS) is 21.8. The molecular weight excluding hydrogens is 424 g/mol. The summed E-state index contributed by atoms with van der Waals surface area (Å²) in [5.41, 5.74) is 2.30. The molecule has 4 unspecified atom stereocenters. The maximum absolute atomic E-state index is 14.1. The minimum Gasteiger partial charge on any atom is -0.354 e. The Morgan fingerprint density at radius 1 is 0.794 bits per heavy atom. The number of nitrogens with one attached hydrogen (secondary N) is 1. The number of Topliss-reactive ketones (excluding diaryl/α,β-unsaturated/α-hetero) is 1. The molecule has 0 aromatic heterocycles. The number of likely N-dealkylation sites (tertiary alicyclic amines) is 1. The fourth-order valence-corrected chi connectivity index (χ4v) is 5.13. The molecule has 1 saturated heterocycles. The van der Waals surface area contributed by atoms with Crippen molar-refractivity contribution in [3.05, 3.63) is 108 Å². The van der Waals surface area contributed by atoms with E-state index in [4.69, 9.17) is 0 Å².